The molecule has 0 aliphatic rings. The minimum absolute atomic E-state index is 0.0706. The van der Waals surface area contributed by atoms with E-state index in [-0.39, 0.29) is 11.6 Å². The molecule has 102 valence electrons. The van der Waals surface area contributed by atoms with E-state index in [9.17, 15) is 4.39 Å². The van der Waals surface area contributed by atoms with Gasteiger partial charge < -0.3 is 10.5 Å². The van der Waals surface area contributed by atoms with Crippen LogP contribution in [0, 0.1) is 20.7 Å². The molecule has 2 aromatic carbocycles. The zero-order valence-electron chi connectivity index (χ0n) is 10.2. The van der Waals surface area contributed by atoms with E-state index in [0.29, 0.717) is 22.6 Å². The van der Waals surface area contributed by atoms with Crippen molar-refractivity contribution < 1.29 is 9.13 Å². The first kappa shape index (κ1) is 14.9. The minimum Gasteiger partial charge on any atom is -0.486 e. The molecule has 0 saturated heterocycles. The third-order valence-corrected chi connectivity index (χ3v) is 3.68. The van der Waals surface area contributed by atoms with Crippen LogP contribution in [0.3, 0.4) is 0 Å². The highest BCUT2D eigenvalue weighted by molar-refractivity contribution is 14.1. The topological polar surface area (TPSA) is 59.0 Å². The molecule has 0 fully saturated rings. The van der Waals surface area contributed by atoms with Gasteiger partial charge in [-0.25, -0.2) is 4.39 Å². The van der Waals surface area contributed by atoms with Crippen LogP contribution in [0.2, 0.25) is 5.02 Å². The van der Waals surface area contributed by atoms with Crippen molar-refractivity contribution in [3.63, 3.8) is 0 Å². The van der Waals surface area contributed by atoms with Crippen LogP contribution in [0.15, 0.2) is 30.3 Å². The lowest BCUT2D eigenvalue weighted by molar-refractivity contribution is 0.305. The molecule has 20 heavy (non-hydrogen) atoms. The summed E-state index contributed by atoms with van der Waals surface area (Å²) < 4.78 is 19.6. The van der Waals surface area contributed by atoms with Gasteiger partial charge in [0.15, 0.2) is 5.75 Å². The van der Waals surface area contributed by atoms with Gasteiger partial charge in [-0.2, -0.15) is 5.26 Å². The van der Waals surface area contributed by atoms with E-state index in [1.54, 1.807) is 18.2 Å². The lowest BCUT2D eigenvalue weighted by Gasteiger charge is -2.11. The van der Waals surface area contributed by atoms with E-state index in [4.69, 9.17) is 27.3 Å². The molecule has 0 aliphatic carbocycles. The molecule has 6 heteroatoms. The van der Waals surface area contributed by atoms with Crippen molar-refractivity contribution in [1.29, 1.82) is 5.26 Å². The summed E-state index contributed by atoms with van der Waals surface area (Å²) in [5.41, 5.74) is 7.33. The number of ether oxygens (including phenoxy) is 1. The van der Waals surface area contributed by atoms with Gasteiger partial charge in [0, 0.05) is 0 Å². The zero-order valence-corrected chi connectivity index (χ0v) is 13.1. The Morgan fingerprint density at radius 3 is 2.70 bits per heavy atom. The highest BCUT2D eigenvalue weighted by atomic mass is 127. The standard InChI is InChI=1S/C14H9ClFIN2O/c15-10-2-1-8(3-11(10)16)7-20-14-12(17)4-9(6-18)5-13(14)19/h1-5H,7,19H2. The Morgan fingerprint density at radius 2 is 2.10 bits per heavy atom. The maximum absolute atomic E-state index is 13.3. The van der Waals surface area contributed by atoms with Crippen molar-refractivity contribution in [3.05, 3.63) is 55.9 Å². The van der Waals surface area contributed by atoms with E-state index >= 15 is 0 Å². The fourth-order valence-electron chi connectivity index (χ4n) is 1.62. The van der Waals surface area contributed by atoms with E-state index in [2.05, 4.69) is 0 Å². The second-order valence-electron chi connectivity index (χ2n) is 4.03. The molecule has 2 aromatic rings. The molecule has 2 rings (SSSR count). The van der Waals surface area contributed by atoms with Crippen molar-refractivity contribution in [2.24, 2.45) is 0 Å². The number of benzene rings is 2. The first-order valence-corrected chi connectivity index (χ1v) is 7.03. The average Bonchev–Trinajstić information content (AvgIpc) is 2.41. The molecular weight excluding hydrogens is 394 g/mol. The third kappa shape index (κ3) is 3.32. The quantitative estimate of drug-likeness (QED) is 0.621. The molecule has 0 unspecified atom stereocenters. The summed E-state index contributed by atoms with van der Waals surface area (Å²) in [6, 6.07) is 9.70. The van der Waals surface area contributed by atoms with Crippen molar-refractivity contribution in [3.8, 4) is 11.8 Å². The van der Waals surface area contributed by atoms with Crippen molar-refractivity contribution in [1.82, 2.24) is 0 Å². The third-order valence-electron chi connectivity index (χ3n) is 2.57. The predicted octanol–water partition coefficient (Wildman–Crippen LogP) is 4.12. The van der Waals surface area contributed by atoms with Crippen molar-refractivity contribution in [2.45, 2.75) is 6.61 Å². The normalized spacial score (nSPS) is 10.1. The molecule has 3 nitrogen and oxygen atoms in total. The smallest absolute Gasteiger partial charge is 0.156 e. The number of rotatable bonds is 3. The molecule has 0 saturated carbocycles. The second-order valence-corrected chi connectivity index (χ2v) is 5.59. The van der Waals surface area contributed by atoms with Gasteiger partial charge in [-0.3, -0.25) is 0 Å². The molecule has 0 amide bonds. The Balaban J connectivity index is 2.19. The number of hydrogen-bond donors (Lipinski definition) is 1. The molecule has 0 radical (unpaired) electrons. The Kier molecular flexibility index (Phi) is 4.68. The van der Waals surface area contributed by atoms with Crippen LogP contribution in [0.1, 0.15) is 11.1 Å². The Hall–Kier alpha value is -1.52. The van der Waals surface area contributed by atoms with E-state index in [0.717, 1.165) is 3.57 Å². The van der Waals surface area contributed by atoms with Gasteiger partial charge in [0.25, 0.3) is 0 Å². The molecule has 0 bridgehead atoms. The number of anilines is 1. The van der Waals surface area contributed by atoms with Gasteiger partial charge in [0.05, 0.1) is 25.9 Å². The monoisotopic (exact) mass is 402 g/mol. The maximum atomic E-state index is 13.3. The van der Waals surface area contributed by atoms with Crippen LogP contribution in [0.4, 0.5) is 10.1 Å². The molecule has 0 spiro atoms. The number of hydrogen-bond acceptors (Lipinski definition) is 3. The van der Waals surface area contributed by atoms with Crippen LogP contribution in [-0.2, 0) is 6.61 Å². The molecule has 2 N–H and O–H groups in total. The van der Waals surface area contributed by atoms with Crippen LogP contribution in [-0.4, -0.2) is 0 Å². The zero-order chi connectivity index (χ0) is 14.7. The van der Waals surface area contributed by atoms with Gasteiger partial charge >= 0.3 is 0 Å². The summed E-state index contributed by atoms with van der Waals surface area (Å²) in [6.07, 6.45) is 0. The molecular formula is C14H9ClFIN2O. The van der Waals surface area contributed by atoms with Crippen molar-refractivity contribution in [2.75, 3.05) is 5.73 Å². The van der Waals surface area contributed by atoms with E-state index in [1.165, 1.54) is 12.1 Å². The Labute approximate surface area is 134 Å². The molecule has 0 aliphatic heterocycles. The van der Waals surface area contributed by atoms with Crippen LogP contribution in [0.25, 0.3) is 0 Å². The summed E-state index contributed by atoms with van der Waals surface area (Å²) in [4.78, 5) is 0. The summed E-state index contributed by atoms with van der Waals surface area (Å²) in [7, 11) is 0. The summed E-state index contributed by atoms with van der Waals surface area (Å²) in [5.74, 6) is -0.00442. The predicted molar refractivity (Wildman–Crippen MR) is 84.0 cm³/mol. The number of nitrogens with zero attached hydrogens (tertiary/aromatic N) is 1. The number of nitrogens with two attached hydrogens (primary N) is 1. The van der Waals surface area contributed by atoms with Crippen LogP contribution < -0.4 is 10.5 Å². The first-order chi connectivity index (χ1) is 9.51. The van der Waals surface area contributed by atoms with Gasteiger partial charge in [-0.15, -0.1) is 0 Å². The van der Waals surface area contributed by atoms with Gasteiger partial charge in [-0.1, -0.05) is 17.7 Å². The fourth-order valence-corrected chi connectivity index (χ4v) is 2.54. The Bertz CT molecular complexity index is 677. The van der Waals surface area contributed by atoms with Gasteiger partial charge in [0.1, 0.15) is 12.4 Å². The molecule has 0 atom stereocenters. The first-order valence-electron chi connectivity index (χ1n) is 5.57. The molecule has 0 aromatic heterocycles. The van der Waals surface area contributed by atoms with Crippen molar-refractivity contribution >= 4 is 39.9 Å². The largest absolute Gasteiger partial charge is 0.486 e. The Morgan fingerprint density at radius 1 is 1.35 bits per heavy atom. The second kappa shape index (κ2) is 6.29. The van der Waals surface area contributed by atoms with Gasteiger partial charge in [-0.05, 0) is 52.4 Å². The SMILES string of the molecule is N#Cc1cc(N)c(OCc2ccc(Cl)c(F)c2)c(I)c1. The number of nitrogen functional groups attached to an aromatic ring is 1. The van der Waals surface area contributed by atoms with Gasteiger partial charge in [0.2, 0.25) is 0 Å². The summed E-state index contributed by atoms with van der Waals surface area (Å²) in [5, 5.41) is 8.91. The average molecular weight is 403 g/mol. The maximum Gasteiger partial charge on any atom is 0.156 e. The van der Waals surface area contributed by atoms with Crippen LogP contribution in [0.5, 0.6) is 5.75 Å². The lowest BCUT2D eigenvalue weighted by Crippen LogP contribution is -2.01. The van der Waals surface area contributed by atoms with E-state index in [1.807, 2.05) is 28.7 Å². The number of halogens is 3. The lowest BCUT2D eigenvalue weighted by atomic mass is 10.2. The summed E-state index contributed by atoms with van der Waals surface area (Å²) >= 11 is 7.65. The van der Waals surface area contributed by atoms with Crippen LogP contribution >= 0.6 is 34.2 Å². The summed E-state index contributed by atoms with van der Waals surface area (Å²) in [6.45, 7) is 0.167. The molecule has 0 heterocycles. The minimum atomic E-state index is -0.490. The highest BCUT2D eigenvalue weighted by Gasteiger charge is 2.09. The fraction of sp³-hybridized carbons (Fsp3) is 0.0714. The number of nitriles is 1. The highest BCUT2D eigenvalue weighted by Crippen LogP contribution is 2.30. The van der Waals surface area contributed by atoms with E-state index < -0.39 is 5.82 Å².